The van der Waals surface area contributed by atoms with Crippen molar-refractivity contribution >= 4 is 17.2 Å². The summed E-state index contributed by atoms with van der Waals surface area (Å²) in [6.45, 7) is 0.0559. The van der Waals surface area contributed by atoms with Crippen LogP contribution in [0.3, 0.4) is 0 Å². The van der Waals surface area contributed by atoms with Gasteiger partial charge < -0.3 is 5.11 Å². The maximum absolute atomic E-state index is 8.59. The van der Waals surface area contributed by atoms with Gasteiger partial charge in [0, 0.05) is 12.6 Å². The maximum Gasteiger partial charge on any atom is 0.172 e. The summed E-state index contributed by atoms with van der Waals surface area (Å²) in [7, 11) is 0. The third-order valence-corrected chi connectivity index (χ3v) is 2.01. The zero-order chi connectivity index (χ0) is 10.7. The highest BCUT2D eigenvalue weighted by atomic mass is 35.5. The highest BCUT2D eigenvalue weighted by Crippen LogP contribution is 2.10. The Kier molecular flexibility index (Phi) is 2.86. The van der Waals surface area contributed by atoms with Crippen LogP contribution >= 0.6 is 11.6 Å². The summed E-state index contributed by atoms with van der Waals surface area (Å²) in [4.78, 5) is 4.12. The van der Waals surface area contributed by atoms with E-state index in [1.807, 2.05) is 0 Å². The molecule has 1 N–H and O–H groups in total. The van der Waals surface area contributed by atoms with Crippen molar-refractivity contribution < 1.29 is 5.11 Å². The fraction of sp³-hybridized carbons (Fsp3) is 0.200. The van der Waals surface area contributed by atoms with Crippen LogP contribution in [0.2, 0.25) is 5.15 Å². The molecule has 76 valence electrons. The van der Waals surface area contributed by atoms with Gasteiger partial charge in [-0.05, 0) is 6.07 Å². The van der Waals surface area contributed by atoms with E-state index >= 15 is 0 Å². The Balaban J connectivity index is 2.45. The van der Waals surface area contributed by atoms with Crippen molar-refractivity contribution in [2.45, 2.75) is 6.42 Å². The van der Waals surface area contributed by atoms with Crippen molar-refractivity contribution in [3.05, 3.63) is 29.2 Å². The second-order valence-corrected chi connectivity index (χ2v) is 3.24. The summed E-state index contributed by atoms with van der Waals surface area (Å²) < 4.78 is 1.61. The second-order valence-electron chi connectivity index (χ2n) is 2.85. The third-order valence-electron chi connectivity index (χ3n) is 1.79. The Hall–Kier alpha value is -1.57. The van der Waals surface area contributed by atoms with Crippen LogP contribution in [0.5, 0.6) is 0 Å². The molecule has 0 unspecified atom stereocenters. The molecule has 0 radical (unpaired) electrons. The first-order chi connectivity index (χ1) is 7.31. The zero-order valence-electron chi connectivity index (χ0n) is 7.81. The van der Waals surface area contributed by atoms with E-state index in [4.69, 9.17) is 16.7 Å². The fourth-order valence-electron chi connectivity index (χ4n) is 1.15. The van der Waals surface area contributed by atoms with Crippen LogP contribution in [-0.2, 0) is 0 Å². The molecule has 0 aliphatic rings. The molecule has 2 aromatic heterocycles. The van der Waals surface area contributed by atoms with E-state index < -0.39 is 0 Å². The summed E-state index contributed by atoms with van der Waals surface area (Å²) in [6, 6.07) is 1.66. The monoisotopic (exact) mass is 221 g/mol. The predicted molar refractivity (Wildman–Crippen MR) is 56.6 cm³/mol. The van der Waals surface area contributed by atoms with Gasteiger partial charge >= 0.3 is 0 Å². The topological polar surface area (TPSA) is 50.4 Å². The van der Waals surface area contributed by atoms with Gasteiger partial charge in [0.25, 0.3) is 0 Å². The van der Waals surface area contributed by atoms with Gasteiger partial charge in [0.05, 0.1) is 18.4 Å². The standard InChI is InChI=1S/C10H8ClN3O/c11-9-4-5-14-10(13-9)8(7-12-14)3-1-2-6-15/h4-5,7,15H,2,6H2. The van der Waals surface area contributed by atoms with Crippen LogP contribution < -0.4 is 0 Å². The minimum Gasteiger partial charge on any atom is -0.395 e. The first-order valence-corrected chi connectivity index (χ1v) is 4.78. The average molecular weight is 222 g/mol. The van der Waals surface area contributed by atoms with Crippen molar-refractivity contribution in [3.63, 3.8) is 0 Å². The molecule has 2 rings (SSSR count). The summed E-state index contributed by atoms with van der Waals surface area (Å²) in [6.07, 6.45) is 3.79. The number of aliphatic hydroxyl groups is 1. The number of rotatable bonds is 1. The molecule has 0 fully saturated rings. The minimum absolute atomic E-state index is 0.0559. The lowest BCUT2D eigenvalue weighted by Gasteiger charge is -1.92. The van der Waals surface area contributed by atoms with Crippen molar-refractivity contribution in [2.75, 3.05) is 6.61 Å². The molecule has 5 heteroatoms. The van der Waals surface area contributed by atoms with Gasteiger partial charge in [-0.25, -0.2) is 9.50 Å². The maximum atomic E-state index is 8.59. The van der Waals surface area contributed by atoms with Crippen molar-refractivity contribution in [2.24, 2.45) is 0 Å². The molecule has 2 aromatic rings. The molecule has 0 amide bonds. The fourth-order valence-corrected chi connectivity index (χ4v) is 1.29. The smallest absolute Gasteiger partial charge is 0.172 e. The van der Waals surface area contributed by atoms with Gasteiger partial charge in [0.2, 0.25) is 0 Å². The molecular weight excluding hydrogens is 214 g/mol. The average Bonchev–Trinajstić information content (AvgIpc) is 2.62. The third kappa shape index (κ3) is 2.09. The molecular formula is C10H8ClN3O. The molecule has 4 nitrogen and oxygen atoms in total. The van der Waals surface area contributed by atoms with Gasteiger partial charge in [0.15, 0.2) is 5.65 Å². The molecule has 2 heterocycles. The molecule has 0 aromatic carbocycles. The molecule has 0 saturated carbocycles. The van der Waals surface area contributed by atoms with Crippen LogP contribution in [0.4, 0.5) is 0 Å². The number of halogens is 1. The first kappa shape index (κ1) is 9.97. The lowest BCUT2D eigenvalue weighted by molar-refractivity contribution is 0.305. The number of nitrogens with zero attached hydrogens (tertiary/aromatic N) is 3. The van der Waals surface area contributed by atoms with Gasteiger partial charge in [-0.2, -0.15) is 5.10 Å². The highest BCUT2D eigenvalue weighted by Gasteiger charge is 2.02. The molecule has 0 bridgehead atoms. The van der Waals surface area contributed by atoms with Crippen LogP contribution in [0, 0.1) is 11.8 Å². The molecule has 0 aliphatic carbocycles. The molecule has 0 spiro atoms. The minimum atomic E-state index is 0.0559. The van der Waals surface area contributed by atoms with E-state index in [1.165, 1.54) is 0 Å². The Labute approximate surface area is 91.5 Å². The number of fused-ring (bicyclic) bond motifs is 1. The summed E-state index contributed by atoms with van der Waals surface area (Å²) in [5.41, 5.74) is 1.35. The van der Waals surface area contributed by atoms with E-state index in [-0.39, 0.29) is 6.61 Å². The van der Waals surface area contributed by atoms with Gasteiger partial charge in [-0.3, -0.25) is 0 Å². The second kappa shape index (κ2) is 4.30. The summed E-state index contributed by atoms with van der Waals surface area (Å²) in [5, 5.41) is 13.1. The number of hydrogen-bond donors (Lipinski definition) is 1. The van der Waals surface area contributed by atoms with Gasteiger partial charge in [-0.1, -0.05) is 23.4 Å². The number of aliphatic hydroxyl groups excluding tert-OH is 1. The molecule has 0 aliphatic heterocycles. The highest BCUT2D eigenvalue weighted by molar-refractivity contribution is 6.29. The lowest BCUT2D eigenvalue weighted by atomic mass is 10.3. The Morgan fingerprint density at radius 2 is 2.40 bits per heavy atom. The lowest BCUT2D eigenvalue weighted by Crippen LogP contribution is -1.89. The van der Waals surface area contributed by atoms with Crippen LogP contribution in [-0.4, -0.2) is 26.3 Å². The van der Waals surface area contributed by atoms with Crippen molar-refractivity contribution in [1.82, 2.24) is 14.6 Å². The SMILES string of the molecule is OCCC#Cc1cnn2ccc(Cl)nc12. The van der Waals surface area contributed by atoms with Gasteiger partial charge in [0.1, 0.15) is 5.15 Å². The Morgan fingerprint density at radius 1 is 1.53 bits per heavy atom. The van der Waals surface area contributed by atoms with Crippen molar-refractivity contribution in [1.29, 1.82) is 0 Å². The van der Waals surface area contributed by atoms with Crippen molar-refractivity contribution in [3.8, 4) is 11.8 Å². The van der Waals surface area contributed by atoms with E-state index in [2.05, 4.69) is 21.9 Å². The van der Waals surface area contributed by atoms with E-state index in [9.17, 15) is 0 Å². The number of aromatic nitrogens is 3. The summed E-state index contributed by atoms with van der Waals surface area (Å²) in [5.74, 6) is 5.69. The number of hydrogen-bond acceptors (Lipinski definition) is 3. The first-order valence-electron chi connectivity index (χ1n) is 4.41. The summed E-state index contributed by atoms with van der Waals surface area (Å²) >= 11 is 5.77. The normalized spacial score (nSPS) is 10.0. The van der Waals surface area contributed by atoms with E-state index in [1.54, 1.807) is 23.0 Å². The quantitative estimate of drug-likeness (QED) is 0.580. The van der Waals surface area contributed by atoms with Crippen LogP contribution in [0.15, 0.2) is 18.5 Å². The van der Waals surface area contributed by atoms with E-state index in [0.717, 1.165) is 0 Å². The Bertz CT molecular complexity index is 538. The van der Waals surface area contributed by atoms with Crippen LogP contribution in [0.25, 0.3) is 5.65 Å². The van der Waals surface area contributed by atoms with E-state index in [0.29, 0.717) is 22.8 Å². The predicted octanol–water partition coefficient (Wildman–Crippen LogP) is 1.12. The molecule has 15 heavy (non-hydrogen) atoms. The van der Waals surface area contributed by atoms with Gasteiger partial charge in [-0.15, -0.1) is 0 Å². The zero-order valence-corrected chi connectivity index (χ0v) is 8.57. The molecule has 0 saturated heterocycles. The largest absolute Gasteiger partial charge is 0.395 e. The Morgan fingerprint density at radius 3 is 3.20 bits per heavy atom. The van der Waals surface area contributed by atoms with Crippen LogP contribution in [0.1, 0.15) is 12.0 Å². The molecule has 0 atom stereocenters.